The van der Waals surface area contributed by atoms with Gasteiger partial charge in [0.2, 0.25) is 0 Å². The minimum atomic E-state index is -1.35. The Balaban J connectivity index is 1.98. The normalized spacial score (nSPS) is 12.2. The molecule has 0 N–H and O–H groups in total. The number of hydrogen-bond acceptors (Lipinski definition) is 2. The summed E-state index contributed by atoms with van der Waals surface area (Å²) in [5.41, 5.74) is 1.02. The van der Waals surface area contributed by atoms with E-state index in [4.69, 9.17) is 4.74 Å². The quantitative estimate of drug-likeness (QED) is 0.846. The molecular formula is C15H14F2O2S. The van der Waals surface area contributed by atoms with E-state index >= 15 is 0 Å². The molecule has 1 atom stereocenters. The van der Waals surface area contributed by atoms with Crippen molar-refractivity contribution in [2.24, 2.45) is 0 Å². The van der Waals surface area contributed by atoms with Crippen molar-refractivity contribution >= 4 is 10.8 Å². The zero-order valence-electron chi connectivity index (χ0n) is 10.9. The summed E-state index contributed by atoms with van der Waals surface area (Å²) in [7, 11) is 0.243. The van der Waals surface area contributed by atoms with Gasteiger partial charge in [-0.15, -0.1) is 0 Å². The Morgan fingerprint density at radius 1 is 1.05 bits per heavy atom. The molecule has 0 saturated carbocycles. The van der Waals surface area contributed by atoms with Crippen LogP contribution in [0.4, 0.5) is 8.78 Å². The first kappa shape index (κ1) is 14.7. The number of halogens is 2. The summed E-state index contributed by atoms with van der Waals surface area (Å²) in [5, 5.41) is 0. The third-order valence-corrected chi connectivity index (χ3v) is 4.24. The number of benzene rings is 2. The Hall–Kier alpha value is -1.75. The maximum absolute atomic E-state index is 13.1. The maximum Gasteiger partial charge on any atom is 0.160 e. The van der Waals surface area contributed by atoms with E-state index in [-0.39, 0.29) is 0 Å². The molecule has 0 aromatic heterocycles. The molecule has 0 aliphatic heterocycles. The summed E-state index contributed by atoms with van der Waals surface area (Å²) in [6.07, 6.45) is 0.593. The van der Waals surface area contributed by atoms with Gasteiger partial charge in [0.05, 0.1) is 17.9 Å². The van der Waals surface area contributed by atoms with Crippen LogP contribution in [-0.4, -0.2) is 17.1 Å². The van der Waals surface area contributed by atoms with E-state index in [9.17, 15) is 13.0 Å². The van der Waals surface area contributed by atoms with Crippen LogP contribution in [-0.2, 0) is 17.2 Å². The molecule has 0 amide bonds. The molecule has 0 unspecified atom stereocenters. The minimum absolute atomic E-state index is 0.303. The van der Waals surface area contributed by atoms with Crippen molar-refractivity contribution in [3.8, 4) is 5.75 Å². The lowest BCUT2D eigenvalue weighted by Gasteiger charge is -2.05. The van der Waals surface area contributed by atoms with Crippen molar-refractivity contribution in [1.29, 1.82) is 0 Å². The summed E-state index contributed by atoms with van der Waals surface area (Å²) in [5.74, 6) is -0.783. The molecule has 0 spiro atoms. The van der Waals surface area contributed by atoms with Crippen LogP contribution in [0.5, 0.6) is 5.75 Å². The van der Waals surface area contributed by atoms with E-state index in [1.807, 2.05) is 24.3 Å². The molecule has 2 nitrogen and oxygen atoms in total. The second-order valence-electron chi connectivity index (χ2n) is 4.22. The SMILES string of the molecule is COc1ccc(CC[S@](=O)c2ccc(F)c(F)c2)cc1. The Kier molecular flexibility index (Phi) is 4.84. The van der Waals surface area contributed by atoms with Crippen LogP contribution in [0.2, 0.25) is 0 Å². The Labute approximate surface area is 118 Å². The van der Waals surface area contributed by atoms with Gasteiger partial charge in [0.15, 0.2) is 11.6 Å². The molecule has 0 bridgehead atoms. The van der Waals surface area contributed by atoms with Gasteiger partial charge in [-0.05, 0) is 42.3 Å². The number of methoxy groups -OCH3 is 1. The Morgan fingerprint density at radius 3 is 2.35 bits per heavy atom. The van der Waals surface area contributed by atoms with E-state index in [1.54, 1.807) is 7.11 Å². The average Bonchev–Trinajstić information content (AvgIpc) is 2.48. The van der Waals surface area contributed by atoms with Crippen LogP contribution in [0, 0.1) is 11.6 Å². The van der Waals surface area contributed by atoms with Crippen molar-refractivity contribution in [3.63, 3.8) is 0 Å². The number of ether oxygens (including phenoxy) is 1. The number of hydrogen-bond donors (Lipinski definition) is 0. The van der Waals surface area contributed by atoms with Crippen LogP contribution in [0.1, 0.15) is 5.56 Å². The van der Waals surface area contributed by atoms with Crippen LogP contribution in [0.15, 0.2) is 47.4 Å². The second-order valence-corrected chi connectivity index (χ2v) is 5.79. The van der Waals surface area contributed by atoms with Gasteiger partial charge in [-0.2, -0.15) is 0 Å². The fraction of sp³-hybridized carbons (Fsp3) is 0.200. The Morgan fingerprint density at radius 2 is 1.75 bits per heavy atom. The van der Waals surface area contributed by atoms with Gasteiger partial charge in [-0.3, -0.25) is 4.21 Å². The predicted molar refractivity (Wildman–Crippen MR) is 74.3 cm³/mol. The summed E-state index contributed by atoms with van der Waals surface area (Å²) in [4.78, 5) is 0.303. The summed E-state index contributed by atoms with van der Waals surface area (Å²) >= 11 is 0. The monoisotopic (exact) mass is 296 g/mol. The van der Waals surface area contributed by atoms with E-state index < -0.39 is 22.4 Å². The Bertz CT molecular complexity index is 612. The third kappa shape index (κ3) is 3.63. The van der Waals surface area contributed by atoms with Crippen molar-refractivity contribution in [2.45, 2.75) is 11.3 Å². The topological polar surface area (TPSA) is 26.3 Å². The highest BCUT2D eigenvalue weighted by molar-refractivity contribution is 7.85. The van der Waals surface area contributed by atoms with Crippen LogP contribution < -0.4 is 4.74 Å². The van der Waals surface area contributed by atoms with Crippen LogP contribution >= 0.6 is 0 Å². The van der Waals surface area contributed by atoms with Gasteiger partial charge < -0.3 is 4.74 Å². The molecule has 2 rings (SSSR count). The van der Waals surface area contributed by atoms with Crippen LogP contribution in [0.3, 0.4) is 0 Å². The largest absolute Gasteiger partial charge is 0.497 e. The summed E-state index contributed by atoms with van der Waals surface area (Å²) in [6, 6.07) is 10.8. The molecule has 0 fully saturated rings. The van der Waals surface area contributed by atoms with Gasteiger partial charge in [0.25, 0.3) is 0 Å². The van der Waals surface area contributed by atoms with Gasteiger partial charge in [0, 0.05) is 10.6 Å². The van der Waals surface area contributed by atoms with Gasteiger partial charge >= 0.3 is 0 Å². The van der Waals surface area contributed by atoms with Crippen molar-refractivity contribution < 1.29 is 17.7 Å². The van der Waals surface area contributed by atoms with E-state index in [1.165, 1.54) is 6.07 Å². The molecule has 20 heavy (non-hydrogen) atoms. The highest BCUT2D eigenvalue weighted by Gasteiger charge is 2.08. The second kappa shape index (κ2) is 6.61. The lowest BCUT2D eigenvalue weighted by Crippen LogP contribution is -2.02. The van der Waals surface area contributed by atoms with Gasteiger partial charge in [-0.25, -0.2) is 8.78 Å². The van der Waals surface area contributed by atoms with Crippen molar-refractivity contribution in [1.82, 2.24) is 0 Å². The molecule has 0 radical (unpaired) electrons. The highest BCUT2D eigenvalue weighted by Crippen LogP contribution is 2.15. The summed E-state index contributed by atoms with van der Waals surface area (Å²) < 4.78 is 42.9. The lowest BCUT2D eigenvalue weighted by atomic mass is 10.2. The molecule has 2 aromatic rings. The minimum Gasteiger partial charge on any atom is -0.497 e. The molecule has 2 aromatic carbocycles. The fourth-order valence-corrected chi connectivity index (χ4v) is 2.85. The number of aryl methyl sites for hydroxylation is 1. The third-order valence-electron chi connectivity index (χ3n) is 2.89. The standard InChI is InChI=1S/C15H14F2O2S/c1-19-12-4-2-11(3-5-12)8-9-20(18)13-6-7-14(16)15(17)10-13/h2-7,10H,8-9H2,1H3/t20-/m0/s1. The zero-order chi connectivity index (χ0) is 14.5. The van der Waals surface area contributed by atoms with Crippen LogP contribution in [0.25, 0.3) is 0 Å². The maximum atomic E-state index is 13.1. The first-order valence-corrected chi connectivity index (χ1v) is 7.38. The van der Waals surface area contributed by atoms with Gasteiger partial charge in [0.1, 0.15) is 5.75 Å². The average molecular weight is 296 g/mol. The van der Waals surface area contributed by atoms with E-state index in [0.717, 1.165) is 23.4 Å². The molecule has 106 valence electrons. The van der Waals surface area contributed by atoms with E-state index in [0.29, 0.717) is 17.1 Å². The fourth-order valence-electron chi connectivity index (χ4n) is 1.74. The van der Waals surface area contributed by atoms with Gasteiger partial charge in [-0.1, -0.05) is 12.1 Å². The van der Waals surface area contributed by atoms with E-state index in [2.05, 4.69) is 0 Å². The van der Waals surface area contributed by atoms with Crippen molar-refractivity contribution in [2.75, 3.05) is 12.9 Å². The highest BCUT2D eigenvalue weighted by atomic mass is 32.2. The first-order valence-electron chi connectivity index (χ1n) is 6.06. The first-order chi connectivity index (χ1) is 9.60. The molecule has 0 aliphatic carbocycles. The van der Waals surface area contributed by atoms with Crippen molar-refractivity contribution in [3.05, 3.63) is 59.7 Å². The predicted octanol–water partition coefficient (Wildman–Crippen LogP) is 3.32. The number of rotatable bonds is 5. The molecule has 5 heteroatoms. The lowest BCUT2D eigenvalue weighted by molar-refractivity contribution is 0.414. The zero-order valence-corrected chi connectivity index (χ0v) is 11.8. The summed E-state index contributed by atoms with van der Waals surface area (Å²) in [6.45, 7) is 0. The molecule has 0 heterocycles. The molecule has 0 saturated heterocycles. The smallest absolute Gasteiger partial charge is 0.160 e. The molecular weight excluding hydrogens is 282 g/mol. The molecule has 0 aliphatic rings.